The Morgan fingerprint density at radius 2 is 0.750 bits per heavy atom. The van der Waals surface area contributed by atoms with Crippen LogP contribution >= 0.6 is 0 Å². The number of hydrogen-bond donors (Lipinski definition) is 2. The number of hydrogen-bond acceptors (Lipinski definition) is 2. The Bertz CT molecular complexity index is 535. The number of carboxylic acids is 2. The van der Waals surface area contributed by atoms with E-state index >= 15 is 0 Å². The van der Waals surface area contributed by atoms with Crippen molar-refractivity contribution in [2.45, 2.75) is 169 Å². The van der Waals surface area contributed by atoms with Crippen LogP contribution in [-0.4, -0.2) is 22.2 Å². The SMILES string of the molecule is CC(C)CCCCCCCCCC1(C(=O)O)CCC(CCCCCCCCCC(C)C)(C(=O)O)CC1. The second-order valence-electron chi connectivity index (χ2n) is 13.0. The summed E-state index contributed by atoms with van der Waals surface area (Å²) in [6.07, 6.45) is 23.0. The van der Waals surface area contributed by atoms with Crippen molar-refractivity contribution in [1.29, 1.82) is 0 Å². The van der Waals surface area contributed by atoms with Gasteiger partial charge in [-0.2, -0.15) is 0 Å². The number of rotatable bonds is 22. The summed E-state index contributed by atoms with van der Waals surface area (Å²) in [7, 11) is 0. The highest BCUT2D eigenvalue weighted by atomic mass is 16.4. The molecule has 4 heteroatoms. The third-order valence-corrected chi connectivity index (χ3v) is 8.95. The van der Waals surface area contributed by atoms with E-state index in [1.54, 1.807) is 0 Å². The molecule has 0 atom stereocenters. The minimum atomic E-state index is -0.702. The number of carbonyl (C=O) groups is 2. The molecule has 1 fully saturated rings. The van der Waals surface area contributed by atoms with Gasteiger partial charge in [0.2, 0.25) is 0 Å². The molecule has 0 spiro atoms. The van der Waals surface area contributed by atoms with Gasteiger partial charge in [0.05, 0.1) is 10.8 Å². The quantitative estimate of drug-likeness (QED) is 0.143. The van der Waals surface area contributed by atoms with Gasteiger partial charge in [0.25, 0.3) is 0 Å². The number of aliphatic carboxylic acids is 2. The van der Waals surface area contributed by atoms with E-state index in [2.05, 4.69) is 27.7 Å². The van der Waals surface area contributed by atoms with Crippen LogP contribution in [0.15, 0.2) is 0 Å². The standard InChI is InChI=1S/C32H60O4/c1-27(2)19-15-11-7-5-9-13-17-21-31(29(33)34)23-25-32(26-24-31,30(35)36)22-18-14-10-6-8-12-16-20-28(3)4/h27-28H,5-26H2,1-4H3,(H,33,34)(H,35,36). The largest absolute Gasteiger partial charge is 0.481 e. The minimum Gasteiger partial charge on any atom is -0.481 e. The van der Waals surface area contributed by atoms with Crippen molar-refractivity contribution < 1.29 is 19.8 Å². The van der Waals surface area contributed by atoms with Gasteiger partial charge in [-0.1, -0.05) is 130 Å². The summed E-state index contributed by atoms with van der Waals surface area (Å²) < 4.78 is 0. The number of unbranched alkanes of at least 4 members (excludes halogenated alkanes) is 12. The van der Waals surface area contributed by atoms with Crippen molar-refractivity contribution in [2.24, 2.45) is 22.7 Å². The van der Waals surface area contributed by atoms with Crippen LogP contribution in [0.2, 0.25) is 0 Å². The molecule has 2 N–H and O–H groups in total. The summed E-state index contributed by atoms with van der Waals surface area (Å²) in [5, 5.41) is 20.1. The Balaban J connectivity index is 2.32. The maximum absolute atomic E-state index is 12.2. The summed E-state index contributed by atoms with van der Waals surface area (Å²) in [5.74, 6) is 0.184. The first kappa shape index (κ1) is 33.0. The van der Waals surface area contributed by atoms with Crippen molar-refractivity contribution in [3.63, 3.8) is 0 Å². The molecule has 36 heavy (non-hydrogen) atoms. The highest BCUT2D eigenvalue weighted by molar-refractivity contribution is 5.78. The van der Waals surface area contributed by atoms with E-state index in [-0.39, 0.29) is 0 Å². The molecule has 1 aliphatic rings. The van der Waals surface area contributed by atoms with E-state index in [0.717, 1.165) is 37.5 Å². The van der Waals surface area contributed by atoms with Crippen molar-refractivity contribution in [3.8, 4) is 0 Å². The molecule has 1 rings (SSSR count). The van der Waals surface area contributed by atoms with E-state index < -0.39 is 22.8 Å². The maximum atomic E-state index is 12.2. The van der Waals surface area contributed by atoms with Gasteiger partial charge in [0.15, 0.2) is 0 Å². The first-order chi connectivity index (χ1) is 17.1. The van der Waals surface area contributed by atoms with Gasteiger partial charge in [0, 0.05) is 0 Å². The molecule has 0 amide bonds. The molecular formula is C32H60O4. The van der Waals surface area contributed by atoms with Gasteiger partial charge in [-0.25, -0.2) is 0 Å². The lowest BCUT2D eigenvalue weighted by molar-refractivity contribution is -0.162. The van der Waals surface area contributed by atoms with Crippen LogP contribution in [0.1, 0.15) is 169 Å². The molecule has 0 aromatic rings. The monoisotopic (exact) mass is 508 g/mol. The van der Waals surface area contributed by atoms with Crippen LogP contribution < -0.4 is 0 Å². The normalized spacial score (nSPS) is 22.4. The maximum Gasteiger partial charge on any atom is 0.309 e. The fourth-order valence-corrected chi connectivity index (χ4v) is 6.15. The third kappa shape index (κ3) is 13.0. The topological polar surface area (TPSA) is 74.6 Å². The summed E-state index contributed by atoms with van der Waals surface area (Å²) in [6.45, 7) is 9.12. The molecular weight excluding hydrogens is 448 g/mol. The highest BCUT2D eigenvalue weighted by Crippen LogP contribution is 2.50. The van der Waals surface area contributed by atoms with Crippen LogP contribution in [0.5, 0.6) is 0 Å². The fourth-order valence-electron chi connectivity index (χ4n) is 6.15. The number of carboxylic acid groups (broad SMARTS) is 2. The zero-order chi connectivity index (χ0) is 26.9. The molecule has 212 valence electrons. The van der Waals surface area contributed by atoms with Crippen LogP contribution in [0.25, 0.3) is 0 Å². The van der Waals surface area contributed by atoms with E-state index in [0.29, 0.717) is 38.5 Å². The van der Waals surface area contributed by atoms with Crippen LogP contribution in [0.4, 0.5) is 0 Å². The minimum absolute atomic E-state index is 0.527. The predicted molar refractivity (Wildman–Crippen MR) is 151 cm³/mol. The van der Waals surface area contributed by atoms with Gasteiger partial charge >= 0.3 is 11.9 Å². The molecule has 0 unspecified atom stereocenters. The van der Waals surface area contributed by atoms with Gasteiger partial charge in [-0.05, 0) is 50.4 Å². The third-order valence-electron chi connectivity index (χ3n) is 8.95. The molecule has 4 nitrogen and oxygen atoms in total. The molecule has 0 saturated heterocycles. The van der Waals surface area contributed by atoms with E-state index in [1.807, 2.05) is 0 Å². The Hall–Kier alpha value is -1.06. The second kappa shape index (κ2) is 18.2. The Labute approximate surface area is 223 Å². The Kier molecular flexibility index (Phi) is 16.7. The van der Waals surface area contributed by atoms with Gasteiger partial charge < -0.3 is 10.2 Å². The predicted octanol–water partition coefficient (Wildman–Crippen LogP) is 10.0. The summed E-state index contributed by atoms with van der Waals surface area (Å²) in [6, 6.07) is 0. The molecule has 0 aliphatic heterocycles. The summed E-state index contributed by atoms with van der Waals surface area (Å²) in [4.78, 5) is 24.5. The van der Waals surface area contributed by atoms with Crippen molar-refractivity contribution in [2.75, 3.05) is 0 Å². The summed E-state index contributed by atoms with van der Waals surface area (Å²) >= 11 is 0. The van der Waals surface area contributed by atoms with Crippen molar-refractivity contribution in [3.05, 3.63) is 0 Å². The average Bonchev–Trinajstić information content (AvgIpc) is 2.82. The molecule has 0 radical (unpaired) electrons. The van der Waals surface area contributed by atoms with Crippen LogP contribution in [-0.2, 0) is 9.59 Å². The lowest BCUT2D eigenvalue weighted by Crippen LogP contribution is -2.43. The van der Waals surface area contributed by atoms with Crippen molar-refractivity contribution >= 4 is 11.9 Å². The van der Waals surface area contributed by atoms with Gasteiger partial charge in [0.1, 0.15) is 0 Å². The highest BCUT2D eigenvalue weighted by Gasteiger charge is 2.49. The molecule has 0 aromatic carbocycles. The Morgan fingerprint density at radius 3 is 1.00 bits per heavy atom. The van der Waals surface area contributed by atoms with Crippen molar-refractivity contribution in [1.82, 2.24) is 0 Å². The molecule has 1 saturated carbocycles. The molecule has 0 aromatic heterocycles. The Morgan fingerprint density at radius 1 is 0.500 bits per heavy atom. The zero-order valence-electron chi connectivity index (χ0n) is 24.4. The van der Waals surface area contributed by atoms with E-state index in [9.17, 15) is 19.8 Å². The van der Waals surface area contributed by atoms with Gasteiger partial charge in [-0.3, -0.25) is 9.59 Å². The lowest BCUT2D eigenvalue weighted by Gasteiger charge is -2.42. The summed E-state index contributed by atoms with van der Waals surface area (Å²) in [5.41, 5.74) is -1.40. The average molecular weight is 509 g/mol. The lowest BCUT2D eigenvalue weighted by atomic mass is 9.60. The zero-order valence-corrected chi connectivity index (χ0v) is 24.4. The second-order valence-corrected chi connectivity index (χ2v) is 13.0. The molecule has 1 aliphatic carbocycles. The molecule has 0 heterocycles. The van der Waals surface area contributed by atoms with E-state index in [1.165, 1.54) is 77.0 Å². The molecule has 0 bridgehead atoms. The first-order valence-corrected chi connectivity index (χ1v) is 15.6. The van der Waals surface area contributed by atoms with E-state index in [4.69, 9.17) is 0 Å². The van der Waals surface area contributed by atoms with Gasteiger partial charge in [-0.15, -0.1) is 0 Å². The van der Waals surface area contributed by atoms with Crippen LogP contribution in [0.3, 0.4) is 0 Å². The smallest absolute Gasteiger partial charge is 0.309 e. The first-order valence-electron chi connectivity index (χ1n) is 15.6. The van der Waals surface area contributed by atoms with Crippen LogP contribution in [0, 0.1) is 22.7 Å². The fraction of sp³-hybridized carbons (Fsp3) is 0.938.